The molecular formula is C16H16FN5O. The van der Waals surface area contributed by atoms with Gasteiger partial charge in [0.2, 0.25) is 0 Å². The quantitative estimate of drug-likeness (QED) is 0.782. The van der Waals surface area contributed by atoms with Crippen LogP contribution in [0.4, 0.5) is 10.2 Å². The molecule has 7 heteroatoms. The van der Waals surface area contributed by atoms with Gasteiger partial charge >= 0.3 is 0 Å². The van der Waals surface area contributed by atoms with Gasteiger partial charge < -0.3 is 10.0 Å². The molecule has 0 saturated carbocycles. The highest BCUT2D eigenvalue weighted by Gasteiger charge is 2.33. The molecule has 1 aliphatic rings. The average Bonchev–Trinajstić information content (AvgIpc) is 3.11. The van der Waals surface area contributed by atoms with Crippen LogP contribution < -0.4 is 4.90 Å². The summed E-state index contributed by atoms with van der Waals surface area (Å²) < 4.78 is 15.2. The molecule has 1 N–H and O–H groups in total. The number of rotatable bonds is 2. The van der Waals surface area contributed by atoms with Crippen LogP contribution in [0, 0.1) is 12.7 Å². The van der Waals surface area contributed by atoms with Crippen molar-refractivity contribution < 1.29 is 9.50 Å². The number of benzene rings is 1. The maximum atomic E-state index is 13.5. The van der Waals surface area contributed by atoms with E-state index in [4.69, 9.17) is 0 Å². The molecule has 4 rings (SSSR count). The summed E-state index contributed by atoms with van der Waals surface area (Å²) >= 11 is 0. The second kappa shape index (κ2) is 5.27. The Kier molecular flexibility index (Phi) is 3.23. The molecule has 1 aliphatic heterocycles. The normalized spacial score (nSPS) is 21.3. The Morgan fingerprint density at radius 2 is 2.09 bits per heavy atom. The first-order valence-electron chi connectivity index (χ1n) is 7.51. The number of anilines is 1. The van der Waals surface area contributed by atoms with Crippen molar-refractivity contribution in [1.82, 2.24) is 19.8 Å². The molecule has 2 aromatic heterocycles. The molecular weight excluding hydrogens is 297 g/mol. The van der Waals surface area contributed by atoms with E-state index in [9.17, 15) is 9.50 Å². The number of β-amino-alcohol motifs (C(OH)–C–C–N with tert-alkyl or cyclic N) is 1. The zero-order chi connectivity index (χ0) is 16.0. The third kappa shape index (κ3) is 2.43. The van der Waals surface area contributed by atoms with Crippen LogP contribution >= 0.6 is 0 Å². The lowest BCUT2D eigenvalue weighted by atomic mass is 10.0. The van der Waals surface area contributed by atoms with Gasteiger partial charge in [-0.05, 0) is 43.2 Å². The van der Waals surface area contributed by atoms with Crippen LogP contribution in [0.5, 0.6) is 0 Å². The van der Waals surface area contributed by atoms with Gasteiger partial charge in [0.1, 0.15) is 11.6 Å². The summed E-state index contributed by atoms with van der Waals surface area (Å²) in [5, 5.41) is 22.7. The fourth-order valence-electron chi connectivity index (χ4n) is 3.14. The Labute approximate surface area is 132 Å². The fraction of sp³-hybridized carbons (Fsp3) is 0.312. The van der Waals surface area contributed by atoms with E-state index in [0.717, 1.165) is 5.56 Å². The summed E-state index contributed by atoms with van der Waals surface area (Å²) in [6.45, 7) is 2.29. The van der Waals surface area contributed by atoms with Gasteiger partial charge in [0.25, 0.3) is 0 Å². The van der Waals surface area contributed by atoms with Crippen molar-refractivity contribution in [3.8, 4) is 0 Å². The molecule has 0 aliphatic carbocycles. The molecule has 23 heavy (non-hydrogen) atoms. The van der Waals surface area contributed by atoms with Gasteiger partial charge in [0, 0.05) is 6.54 Å². The minimum Gasteiger partial charge on any atom is -0.391 e. The molecule has 0 amide bonds. The van der Waals surface area contributed by atoms with Gasteiger partial charge in [-0.3, -0.25) is 0 Å². The molecule has 0 radical (unpaired) electrons. The fourth-order valence-corrected chi connectivity index (χ4v) is 3.14. The Balaban J connectivity index is 1.76. The average molecular weight is 313 g/mol. The van der Waals surface area contributed by atoms with Crippen LogP contribution in [0.15, 0.2) is 36.4 Å². The number of nitrogens with zero attached hydrogens (tertiary/aromatic N) is 5. The van der Waals surface area contributed by atoms with Crippen molar-refractivity contribution in [1.29, 1.82) is 0 Å². The van der Waals surface area contributed by atoms with Crippen molar-refractivity contribution in [3.63, 3.8) is 0 Å². The Hall–Kier alpha value is -2.54. The Morgan fingerprint density at radius 1 is 1.22 bits per heavy atom. The summed E-state index contributed by atoms with van der Waals surface area (Å²) in [7, 11) is 0. The van der Waals surface area contributed by atoms with Crippen molar-refractivity contribution in [2.45, 2.75) is 25.5 Å². The zero-order valence-electron chi connectivity index (χ0n) is 12.6. The van der Waals surface area contributed by atoms with E-state index in [-0.39, 0.29) is 11.9 Å². The van der Waals surface area contributed by atoms with Crippen LogP contribution in [-0.2, 0) is 0 Å². The molecule has 118 valence electrons. The highest BCUT2D eigenvalue weighted by Crippen LogP contribution is 2.35. The van der Waals surface area contributed by atoms with Crippen LogP contribution in [0.25, 0.3) is 5.65 Å². The van der Waals surface area contributed by atoms with Crippen LogP contribution in [0.1, 0.15) is 23.9 Å². The minimum absolute atomic E-state index is 0.109. The van der Waals surface area contributed by atoms with Gasteiger partial charge in [-0.1, -0.05) is 12.1 Å². The third-order valence-electron chi connectivity index (χ3n) is 4.21. The Bertz CT molecular complexity index is 865. The first-order valence-corrected chi connectivity index (χ1v) is 7.51. The largest absolute Gasteiger partial charge is 0.391 e. The second-order valence-electron chi connectivity index (χ2n) is 5.82. The SMILES string of the molecule is Cc1nnc2ccc(N3C[C@@H](O)C[C@@H]3c3cccc(F)c3)nn12. The second-order valence-corrected chi connectivity index (χ2v) is 5.82. The zero-order valence-corrected chi connectivity index (χ0v) is 12.6. The van der Waals surface area contributed by atoms with Gasteiger partial charge in [0.05, 0.1) is 12.1 Å². The smallest absolute Gasteiger partial charge is 0.178 e. The highest BCUT2D eigenvalue weighted by molar-refractivity contribution is 5.49. The highest BCUT2D eigenvalue weighted by atomic mass is 19.1. The van der Waals surface area contributed by atoms with Crippen molar-refractivity contribution in [2.75, 3.05) is 11.4 Å². The number of aliphatic hydroxyl groups is 1. The summed E-state index contributed by atoms with van der Waals surface area (Å²) in [4.78, 5) is 2.00. The lowest BCUT2D eigenvalue weighted by Crippen LogP contribution is -2.26. The maximum Gasteiger partial charge on any atom is 0.178 e. The molecule has 1 fully saturated rings. The topological polar surface area (TPSA) is 66.5 Å². The molecule has 3 heterocycles. The minimum atomic E-state index is -0.470. The van der Waals surface area contributed by atoms with Crippen LogP contribution in [0.3, 0.4) is 0 Å². The van der Waals surface area contributed by atoms with E-state index in [2.05, 4.69) is 15.3 Å². The molecule has 0 spiro atoms. The molecule has 2 atom stereocenters. The van der Waals surface area contributed by atoms with E-state index in [1.165, 1.54) is 12.1 Å². The van der Waals surface area contributed by atoms with Gasteiger partial charge in [-0.2, -0.15) is 4.52 Å². The number of fused-ring (bicyclic) bond motifs is 1. The van der Waals surface area contributed by atoms with Crippen molar-refractivity contribution in [3.05, 3.63) is 53.6 Å². The standard InChI is InChI=1S/C16H16FN5O/c1-10-18-19-15-5-6-16(20-22(10)15)21-9-13(23)8-14(21)11-3-2-4-12(17)7-11/h2-7,13-14,23H,8-9H2,1H3/t13-,14+/m0/s1. The molecule has 3 aromatic rings. The first-order chi connectivity index (χ1) is 11.1. The van der Waals surface area contributed by atoms with Crippen LogP contribution in [0.2, 0.25) is 0 Å². The number of aliphatic hydroxyl groups excluding tert-OH is 1. The number of hydrogen-bond acceptors (Lipinski definition) is 5. The summed E-state index contributed by atoms with van der Waals surface area (Å²) in [6, 6.07) is 10.1. The van der Waals surface area contributed by atoms with Crippen molar-refractivity contribution in [2.24, 2.45) is 0 Å². The van der Waals surface area contributed by atoms with E-state index in [1.54, 1.807) is 10.6 Å². The summed E-state index contributed by atoms with van der Waals surface area (Å²) in [5.74, 6) is 1.14. The molecule has 6 nitrogen and oxygen atoms in total. The number of aryl methyl sites for hydroxylation is 1. The summed E-state index contributed by atoms with van der Waals surface area (Å²) in [6.07, 6.45) is 0.0763. The number of hydrogen-bond donors (Lipinski definition) is 1. The van der Waals surface area contributed by atoms with E-state index in [0.29, 0.717) is 30.3 Å². The first kappa shape index (κ1) is 14.1. The van der Waals surface area contributed by atoms with E-state index < -0.39 is 6.10 Å². The summed E-state index contributed by atoms with van der Waals surface area (Å²) in [5.41, 5.74) is 1.51. The van der Waals surface area contributed by atoms with Gasteiger partial charge in [-0.25, -0.2) is 4.39 Å². The maximum absolute atomic E-state index is 13.5. The van der Waals surface area contributed by atoms with E-state index >= 15 is 0 Å². The number of aromatic nitrogens is 4. The lowest BCUT2D eigenvalue weighted by Gasteiger charge is -2.25. The predicted molar refractivity (Wildman–Crippen MR) is 82.6 cm³/mol. The van der Waals surface area contributed by atoms with Gasteiger partial charge in [0.15, 0.2) is 11.5 Å². The predicted octanol–water partition coefficient (Wildman–Crippen LogP) is 1.88. The monoisotopic (exact) mass is 313 g/mol. The van der Waals surface area contributed by atoms with Gasteiger partial charge in [-0.15, -0.1) is 15.3 Å². The molecule has 1 aromatic carbocycles. The molecule has 0 unspecified atom stereocenters. The lowest BCUT2D eigenvalue weighted by molar-refractivity contribution is 0.194. The number of halogens is 1. The Morgan fingerprint density at radius 3 is 2.91 bits per heavy atom. The van der Waals surface area contributed by atoms with E-state index in [1.807, 2.05) is 30.0 Å². The van der Waals surface area contributed by atoms with Crippen LogP contribution in [-0.4, -0.2) is 37.6 Å². The molecule has 1 saturated heterocycles. The third-order valence-corrected chi connectivity index (χ3v) is 4.21. The molecule has 0 bridgehead atoms. The van der Waals surface area contributed by atoms with Crippen molar-refractivity contribution >= 4 is 11.5 Å².